The number of halogens is 2. The number of nitrogens with zero attached hydrogens (tertiary/aromatic N) is 2. The van der Waals surface area contributed by atoms with Crippen LogP contribution >= 0.6 is 0 Å². The van der Waals surface area contributed by atoms with Crippen molar-refractivity contribution in [3.63, 3.8) is 0 Å². The lowest BCUT2D eigenvalue weighted by molar-refractivity contribution is 0.200. The molecule has 3 nitrogen and oxygen atoms in total. The Morgan fingerprint density at radius 2 is 1.54 bits per heavy atom. The summed E-state index contributed by atoms with van der Waals surface area (Å²) in [6.07, 6.45) is 0.978. The summed E-state index contributed by atoms with van der Waals surface area (Å²) in [5, 5.41) is 11.2. The van der Waals surface area contributed by atoms with E-state index < -0.39 is 6.10 Å². The van der Waals surface area contributed by atoms with Crippen LogP contribution in [0.5, 0.6) is 0 Å². The van der Waals surface area contributed by atoms with Crippen molar-refractivity contribution in [2.45, 2.75) is 33.8 Å². The first kappa shape index (κ1) is 19.8. The van der Waals surface area contributed by atoms with Crippen molar-refractivity contribution in [1.29, 1.82) is 0 Å². The molecule has 0 fully saturated rings. The Labute approximate surface area is 162 Å². The highest BCUT2D eigenvalue weighted by molar-refractivity contribution is 5.84. The van der Waals surface area contributed by atoms with Crippen molar-refractivity contribution in [3.05, 3.63) is 82.7 Å². The SMILES string of the molecule is Cc1cc(F)c2nc(C)cc(C(C)O)c2c1.Cc1cc(F)c2ncccc2c1. The van der Waals surface area contributed by atoms with Crippen LogP contribution in [-0.4, -0.2) is 15.1 Å². The third-order valence-corrected chi connectivity index (χ3v) is 4.42. The van der Waals surface area contributed by atoms with Crippen LogP contribution in [0, 0.1) is 32.4 Å². The second kappa shape index (κ2) is 7.98. The van der Waals surface area contributed by atoms with E-state index in [2.05, 4.69) is 9.97 Å². The van der Waals surface area contributed by atoms with Crippen LogP contribution in [0.25, 0.3) is 21.8 Å². The molecule has 1 unspecified atom stereocenters. The summed E-state index contributed by atoms with van der Waals surface area (Å²) in [6, 6.07) is 12.2. The molecule has 2 heterocycles. The molecule has 4 aromatic rings. The number of pyridine rings is 2. The van der Waals surface area contributed by atoms with Crippen LogP contribution in [0.3, 0.4) is 0 Å². The van der Waals surface area contributed by atoms with Gasteiger partial charge >= 0.3 is 0 Å². The number of aromatic nitrogens is 2. The number of aliphatic hydroxyl groups is 1. The molecule has 0 aliphatic rings. The molecule has 1 N–H and O–H groups in total. The molecular formula is C23H22F2N2O. The predicted octanol–water partition coefficient (Wildman–Crippen LogP) is 5.73. The van der Waals surface area contributed by atoms with E-state index in [0.29, 0.717) is 22.1 Å². The zero-order chi connectivity index (χ0) is 20.4. The van der Waals surface area contributed by atoms with Gasteiger partial charge in [-0.2, -0.15) is 0 Å². The molecule has 0 aliphatic heterocycles. The predicted molar refractivity (Wildman–Crippen MR) is 108 cm³/mol. The van der Waals surface area contributed by atoms with Gasteiger partial charge in [-0.15, -0.1) is 0 Å². The van der Waals surface area contributed by atoms with E-state index in [9.17, 15) is 13.9 Å². The number of rotatable bonds is 1. The summed E-state index contributed by atoms with van der Waals surface area (Å²) in [5.41, 5.74) is 3.98. The van der Waals surface area contributed by atoms with Gasteiger partial charge in [-0.1, -0.05) is 6.07 Å². The Balaban J connectivity index is 0.000000167. The van der Waals surface area contributed by atoms with E-state index in [-0.39, 0.29) is 11.6 Å². The minimum atomic E-state index is -0.620. The summed E-state index contributed by atoms with van der Waals surface area (Å²) in [7, 11) is 0. The van der Waals surface area contributed by atoms with E-state index in [4.69, 9.17) is 0 Å². The molecule has 0 radical (unpaired) electrons. The lowest BCUT2D eigenvalue weighted by atomic mass is 10.0. The van der Waals surface area contributed by atoms with Crippen LogP contribution in [0.15, 0.2) is 48.7 Å². The maximum absolute atomic E-state index is 13.7. The molecule has 0 spiro atoms. The minimum Gasteiger partial charge on any atom is -0.389 e. The number of benzene rings is 2. The fourth-order valence-electron chi connectivity index (χ4n) is 3.21. The fraction of sp³-hybridized carbons (Fsp3) is 0.217. The van der Waals surface area contributed by atoms with Gasteiger partial charge in [0.05, 0.1) is 6.10 Å². The Hall–Kier alpha value is -2.92. The quantitative estimate of drug-likeness (QED) is 0.459. The molecular weight excluding hydrogens is 358 g/mol. The average Bonchev–Trinajstić information content (AvgIpc) is 2.62. The number of fused-ring (bicyclic) bond motifs is 2. The molecule has 0 saturated carbocycles. The van der Waals surface area contributed by atoms with E-state index in [1.807, 2.05) is 32.0 Å². The van der Waals surface area contributed by atoms with Crippen LogP contribution in [0.4, 0.5) is 8.78 Å². The Bertz CT molecular complexity index is 1160. The summed E-state index contributed by atoms with van der Waals surface area (Å²) in [6.45, 7) is 7.17. The molecule has 2 aromatic heterocycles. The second-order valence-electron chi connectivity index (χ2n) is 6.99. The maximum atomic E-state index is 13.7. The lowest BCUT2D eigenvalue weighted by Crippen LogP contribution is -1.98. The van der Waals surface area contributed by atoms with Gasteiger partial charge in [0.1, 0.15) is 22.7 Å². The highest BCUT2D eigenvalue weighted by Gasteiger charge is 2.12. The van der Waals surface area contributed by atoms with E-state index >= 15 is 0 Å². The first-order valence-electron chi connectivity index (χ1n) is 9.02. The first-order valence-corrected chi connectivity index (χ1v) is 9.02. The number of aryl methyl sites for hydroxylation is 3. The van der Waals surface area contributed by atoms with Crippen LogP contribution in [0.1, 0.15) is 35.4 Å². The smallest absolute Gasteiger partial charge is 0.149 e. The molecule has 0 amide bonds. The van der Waals surface area contributed by atoms with Crippen LogP contribution in [0.2, 0.25) is 0 Å². The van der Waals surface area contributed by atoms with Crippen molar-refractivity contribution >= 4 is 21.8 Å². The molecule has 1 atom stereocenters. The Morgan fingerprint density at radius 1 is 0.893 bits per heavy atom. The highest BCUT2D eigenvalue weighted by Crippen LogP contribution is 2.26. The molecule has 2 aromatic carbocycles. The van der Waals surface area contributed by atoms with E-state index in [1.165, 1.54) is 12.1 Å². The third kappa shape index (κ3) is 4.15. The molecule has 0 saturated heterocycles. The minimum absolute atomic E-state index is 0.245. The molecule has 4 rings (SSSR count). The first-order chi connectivity index (χ1) is 13.3. The summed E-state index contributed by atoms with van der Waals surface area (Å²) in [4.78, 5) is 8.12. The average molecular weight is 380 g/mol. The topological polar surface area (TPSA) is 46.0 Å². The van der Waals surface area contributed by atoms with Gasteiger partial charge in [0, 0.05) is 22.7 Å². The summed E-state index contributed by atoms with van der Waals surface area (Å²) in [5.74, 6) is -0.578. The molecule has 28 heavy (non-hydrogen) atoms. The molecule has 144 valence electrons. The normalized spacial score (nSPS) is 12.0. The monoisotopic (exact) mass is 380 g/mol. The van der Waals surface area contributed by atoms with Gasteiger partial charge in [-0.25, -0.2) is 8.78 Å². The van der Waals surface area contributed by atoms with Crippen molar-refractivity contribution in [2.24, 2.45) is 0 Å². The largest absolute Gasteiger partial charge is 0.389 e. The number of hydrogen-bond donors (Lipinski definition) is 1. The van der Waals surface area contributed by atoms with E-state index in [0.717, 1.165) is 22.1 Å². The lowest BCUT2D eigenvalue weighted by Gasteiger charge is -2.11. The maximum Gasteiger partial charge on any atom is 0.149 e. The zero-order valence-electron chi connectivity index (χ0n) is 16.3. The highest BCUT2D eigenvalue weighted by atomic mass is 19.1. The molecule has 0 aliphatic carbocycles. The standard InChI is InChI=1S/C13H14FNO.C10H8FN/c1-7-4-11-10(9(3)16)6-8(2)15-13(11)12(14)5-7;1-7-5-8-3-2-4-12-10(8)9(11)6-7/h4-6,9,16H,1-3H3;2-6H,1H3. The summed E-state index contributed by atoms with van der Waals surface area (Å²) < 4.78 is 26.9. The van der Waals surface area contributed by atoms with Crippen molar-refractivity contribution in [1.82, 2.24) is 9.97 Å². The molecule has 5 heteroatoms. The van der Waals surface area contributed by atoms with Gasteiger partial charge in [0.15, 0.2) is 0 Å². The second-order valence-corrected chi connectivity index (χ2v) is 6.99. The van der Waals surface area contributed by atoms with Gasteiger partial charge in [0.25, 0.3) is 0 Å². The summed E-state index contributed by atoms with van der Waals surface area (Å²) >= 11 is 0. The number of aliphatic hydroxyl groups excluding tert-OH is 1. The van der Waals surface area contributed by atoms with Crippen molar-refractivity contribution in [2.75, 3.05) is 0 Å². The van der Waals surface area contributed by atoms with Gasteiger partial charge < -0.3 is 5.11 Å². The Morgan fingerprint density at radius 3 is 2.21 bits per heavy atom. The molecule has 0 bridgehead atoms. The van der Waals surface area contributed by atoms with Crippen molar-refractivity contribution in [3.8, 4) is 0 Å². The zero-order valence-corrected chi connectivity index (χ0v) is 16.3. The Kier molecular flexibility index (Phi) is 5.66. The van der Waals surface area contributed by atoms with Crippen LogP contribution in [-0.2, 0) is 0 Å². The fourth-order valence-corrected chi connectivity index (χ4v) is 3.21. The van der Waals surface area contributed by atoms with E-state index in [1.54, 1.807) is 32.2 Å². The van der Waals surface area contributed by atoms with Gasteiger partial charge in [0.2, 0.25) is 0 Å². The van der Waals surface area contributed by atoms with Gasteiger partial charge in [-0.3, -0.25) is 9.97 Å². The van der Waals surface area contributed by atoms with Crippen LogP contribution < -0.4 is 0 Å². The number of hydrogen-bond acceptors (Lipinski definition) is 3. The third-order valence-electron chi connectivity index (χ3n) is 4.42. The van der Waals surface area contributed by atoms with Gasteiger partial charge in [-0.05, 0) is 80.8 Å². The van der Waals surface area contributed by atoms with Crippen molar-refractivity contribution < 1.29 is 13.9 Å².